The van der Waals surface area contributed by atoms with Crippen LogP contribution in [0.4, 0.5) is 0 Å². The molecule has 0 radical (unpaired) electrons. The van der Waals surface area contributed by atoms with E-state index in [2.05, 4.69) is 5.92 Å². The molecule has 0 saturated carbocycles. The minimum Gasteiger partial charge on any atom is -0.484 e. The maximum Gasteiger partial charge on any atom is 0.260 e. The van der Waals surface area contributed by atoms with E-state index >= 15 is 0 Å². The van der Waals surface area contributed by atoms with E-state index in [4.69, 9.17) is 15.9 Å². The number of ether oxygens (including phenoxy) is 2. The van der Waals surface area contributed by atoms with Crippen LogP contribution in [0, 0.1) is 25.2 Å². The zero-order valence-electron chi connectivity index (χ0n) is 13.1. The molecule has 118 valence electrons. The van der Waals surface area contributed by atoms with Gasteiger partial charge in [-0.2, -0.15) is 0 Å². The van der Waals surface area contributed by atoms with Crippen molar-refractivity contribution in [1.29, 1.82) is 0 Å². The SMILES string of the molecule is C#CCOCC1CCCN(C(=O)COc2ccc(C)cc2)C1. The van der Waals surface area contributed by atoms with Crippen LogP contribution in [-0.2, 0) is 9.53 Å². The van der Waals surface area contributed by atoms with Crippen LogP contribution in [0.2, 0.25) is 0 Å². The molecule has 1 saturated heterocycles. The Labute approximate surface area is 132 Å². The molecule has 4 heteroatoms. The van der Waals surface area contributed by atoms with Gasteiger partial charge in [-0.05, 0) is 37.8 Å². The van der Waals surface area contributed by atoms with Crippen LogP contribution in [0.25, 0.3) is 0 Å². The van der Waals surface area contributed by atoms with Gasteiger partial charge in [0.25, 0.3) is 5.91 Å². The zero-order chi connectivity index (χ0) is 15.8. The highest BCUT2D eigenvalue weighted by Crippen LogP contribution is 2.17. The molecule has 4 nitrogen and oxygen atoms in total. The fraction of sp³-hybridized carbons (Fsp3) is 0.500. The third kappa shape index (κ3) is 5.09. The monoisotopic (exact) mass is 301 g/mol. The van der Waals surface area contributed by atoms with Gasteiger partial charge < -0.3 is 14.4 Å². The van der Waals surface area contributed by atoms with Gasteiger partial charge in [0.05, 0.1) is 6.61 Å². The van der Waals surface area contributed by atoms with Crippen molar-refractivity contribution < 1.29 is 14.3 Å². The van der Waals surface area contributed by atoms with Crippen molar-refractivity contribution in [3.05, 3.63) is 29.8 Å². The first-order valence-corrected chi connectivity index (χ1v) is 7.67. The fourth-order valence-corrected chi connectivity index (χ4v) is 2.58. The van der Waals surface area contributed by atoms with Gasteiger partial charge in [0.15, 0.2) is 6.61 Å². The molecule has 1 aromatic rings. The number of terminal acetylenes is 1. The lowest BCUT2D eigenvalue weighted by atomic mass is 9.99. The highest BCUT2D eigenvalue weighted by atomic mass is 16.5. The molecule has 2 rings (SSSR count). The Morgan fingerprint density at radius 1 is 1.41 bits per heavy atom. The molecule has 1 fully saturated rings. The van der Waals surface area contributed by atoms with E-state index in [1.54, 1.807) is 0 Å². The lowest BCUT2D eigenvalue weighted by Gasteiger charge is -2.32. The van der Waals surface area contributed by atoms with Crippen molar-refractivity contribution in [2.24, 2.45) is 5.92 Å². The number of nitrogens with zero attached hydrogens (tertiary/aromatic N) is 1. The summed E-state index contributed by atoms with van der Waals surface area (Å²) in [6.45, 7) is 4.57. The summed E-state index contributed by atoms with van der Waals surface area (Å²) >= 11 is 0. The first kappa shape index (κ1) is 16.4. The molecule has 1 amide bonds. The van der Waals surface area contributed by atoms with Gasteiger partial charge in [-0.1, -0.05) is 23.6 Å². The Kier molecular flexibility index (Phi) is 6.29. The standard InChI is InChI=1S/C18H23NO3/c1-3-11-21-13-16-5-4-10-19(12-16)18(20)14-22-17-8-6-15(2)7-9-17/h1,6-9,16H,4-5,10-14H2,2H3. The molecule has 1 aromatic carbocycles. The number of amides is 1. The number of carbonyl (C=O) groups excluding carboxylic acids is 1. The van der Waals surface area contributed by atoms with Gasteiger partial charge in [0, 0.05) is 13.1 Å². The van der Waals surface area contributed by atoms with E-state index < -0.39 is 0 Å². The Morgan fingerprint density at radius 2 is 2.18 bits per heavy atom. The molecule has 1 aliphatic heterocycles. The van der Waals surface area contributed by atoms with Gasteiger partial charge >= 0.3 is 0 Å². The van der Waals surface area contributed by atoms with Crippen molar-refractivity contribution >= 4 is 5.91 Å². The summed E-state index contributed by atoms with van der Waals surface area (Å²) in [4.78, 5) is 14.1. The largest absolute Gasteiger partial charge is 0.484 e. The Morgan fingerprint density at radius 3 is 2.91 bits per heavy atom. The zero-order valence-corrected chi connectivity index (χ0v) is 13.1. The lowest BCUT2D eigenvalue weighted by molar-refractivity contribution is -0.135. The van der Waals surface area contributed by atoms with Gasteiger partial charge in [0.2, 0.25) is 0 Å². The van der Waals surface area contributed by atoms with Gasteiger partial charge in [0.1, 0.15) is 12.4 Å². The van der Waals surface area contributed by atoms with Crippen LogP contribution >= 0.6 is 0 Å². The molecule has 0 spiro atoms. The maximum atomic E-state index is 12.2. The van der Waals surface area contributed by atoms with Gasteiger partial charge in [-0.25, -0.2) is 0 Å². The lowest BCUT2D eigenvalue weighted by Crippen LogP contribution is -2.43. The Hall–Kier alpha value is -1.99. The molecular formula is C18H23NO3. The van der Waals surface area contributed by atoms with Crippen LogP contribution in [0.15, 0.2) is 24.3 Å². The number of hydrogen-bond donors (Lipinski definition) is 0. The van der Waals surface area contributed by atoms with Gasteiger partial charge in [-0.15, -0.1) is 6.42 Å². The first-order chi connectivity index (χ1) is 10.7. The van der Waals surface area contributed by atoms with E-state index in [-0.39, 0.29) is 12.5 Å². The van der Waals surface area contributed by atoms with Crippen LogP contribution < -0.4 is 4.74 Å². The Balaban J connectivity index is 1.76. The first-order valence-electron chi connectivity index (χ1n) is 7.67. The van der Waals surface area contributed by atoms with Gasteiger partial charge in [-0.3, -0.25) is 4.79 Å². The molecule has 0 N–H and O–H groups in total. The molecule has 22 heavy (non-hydrogen) atoms. The number of piperidine rings is 1. The van der Waals surface area contributed by atoms with E-state index in [1.807, 2.05) is 36.1 Å². The Bertz CT molecular complexity index is 518. The number of rotatable bonds is 6. The number of aryl methyl sites for hydroxylation is 1. The second-order valence-corrected chi connectivity index (χ2v) is 5.67. The summed E-state index contributed by atoms with van der Waals surface area (Å²) in [5.41, 5.74) is 1.17. The molecule has 1 heterocycles. The number of benzene rings is 1. The fourth-order valence-electron chi connectivity index (χ4n) is 2.58. The second kappa shape index (κ2) is 8.45. The third-order valence-electron chi connectivity index (χ3n) is 3.79. The smallest absolute Gasteiger partial charge is 0.260 e. The minimum atomic E-state index is 0.0298. The summed E-state index contributed by atoms with van der Waals surface area (Å²) in [5.74, 6) is 3.58. The van der Waals surface area contributed by atoms with Crippen molar-refractivity contribution in [1.82, 2.24) is 4.90 Å². The van der Waals surface area contributed by atoms with Crippen molar-refractivity contribution in [2.75, 3.05) is 32.9 Å². The predicted octanol–water partition coefficient (Wildman–Crippen LogP) is 2.26. The van der Waals surface area contributed by atoms with E-state index in [0.717, 1.165) is 31.7 Å². The van der Waals surface area contributed by atoms with E-state index in [1.165, 1.54) is 5.56 Å². The van der Waals surface area contributed by atoms with Crippen LogP contribution in [0.1, 0.15) is 18.4 Å². The summed E-state index contributed by atoms with van der Waals surface area (Å²) in [7, 11) is 0. The van der Waals surface area contributed by atoms with Crippen LogP contribution in [-0.4, -0.2) is 43.7 Å². The summed E-state index contributed by atoms with van der Waals surface area (Å²) in [5, 5.41) is 0. The topological polar surface area (TPSA) is 38.8 Å². The highest BCUT2D eigenvalue weighted by molar-refractivity contribution is 5.77. The van der Waals surface area contributed by atoms with Crippen molar-refractivity contribution in [3.8, 4) is 18.1 Å². The number of likely N-dealkylation sites (tertiary alicyclic amines) is 1. The van der Waals surface area contributed by atoms with Crippen LogP contribution in [0.3, 0.4) is 0 Å². The molecule has 0 aromatic heterocycles. The van der Waals surface area contributed by atoms with Crippen molar-refractivity contribution in [2.45, 2.75) is 19.8 Å². The normalized spacial score (nSPS) is 17.8. The quantitative estimate of drug-likeness (QED) is 0.597. The highest BCUT2D eigenvalue weighted by Gasteiger charge is 2.23. The summed E-state index contributed by atoms with van der Waals surface area (Å²) in [6.07, 6.45) is 7.24. The van der Waals surface area contributed by atoms with Crippen LogP contribution in [0.5, 0.6) is 5.75 Å². The van der Waals surface area contributed by atoms with E-state index in [0.29, 0.717) is 19.1 Å². The second-order valence-electron chi connectivity index (χ2n) is 5.67. The molecular weight excluding hydrogens is 278 g/mol. The number of hydrogen-bond acceptors (Lipinski definition) is 3. The summed E-state index contributed by atoms with van der Waals surface area (Å²) < 4.78 is 10.9. The summed E-state index contributed by atoms with van der Waals surface area (Å²) in [6, 6.07) is 7.71. The predicted molar refractivity (Wildman–Crippen MR) is 85.6 cm³/mol. The average Bonchev–Trinajstić information content (AvgIpc) is 2.54. The molecule has 0 bridgehead atoms. The molecule has 0 aliphatic carbocycles. The molecule has 1 atom stereocenters. The van der Waals surface area contributed by atoms with E-state index in [9.17, 15) is 4.79 Å². The maximum absolute atomic E-state index is 12.2. The number of carbonyl (C=O) groups is 1. The molecule has 1 aliphatic rings. The average molecular weight is 301 g/mol. The van der Waals surface area contributed by atoms with Crippen molar-refractivity contribution in [3.63, 3.8) is 0 Å². The molecule has 1 unspecified atom stereocenters. The third-order valence-corrected chi connectivity index (χ3v) is 3.79. The minimum absolute atomic E-state index is 0.0298.